The number of amides is 2. The van der Waals surface area contributed by atoms with Crippen LogP contribution in [0.2, 0.25) is 10.0 Å². The highest BCUT2D eigenvalue weighted by Gasteiger charge is 2.34. The second-order valence-electron chi connectivity index (χ2n) is 5.28. The van der Waals surface area contributed by atoms with Crippen molar-refractivity contribution >= 4 is 61.6 Å². The number of nitrogens with one attached hydrogen (secondary N) is 1. The summed E-state index contributed by atoms with van der Waals surface area (Å²) in [6, 6.07) is 7.71. The van der Waals surface area contributed by atoms with Crippen molar-refractivity contribution in [2.45, 2.75) is 6.18 Å². The van der Waals surface area contributed by atoms with E-state index in [-0.39, 0.29) is 5.69 Å². The van der Waals surface area contributed by atoms with Crippen molar-refractivity contribution in [1.82, 2.24) is 4.98 Å². The summed E-state index contributed by atoms with van der Waals surface area (Å²) in [5.74, 6) is 0. The molecule has 2 aromatic carbocycles. The van der Waals surface area contributed by atoms with Gasteiger partial charge in [-0.2, -0.15) is 13.2 Å². The third-order valence-electron chi connectivity index (χ3n) is 3.51. The number of benzene rings is 2. The molecule has 0 aliphatic rings. The molecular formula is C16H10Cl2F3N3OS. The van der Waals surface area contributed by atoms with Crippen molar-refractivity contribution in [2.24, 2.45) is 0 Å². The third kappa shape index (κ3) is 3.87. The van der Waals surface area contributed by atoms with Crippen molar-refractivity contribution in [1.29, 1.82) is 0 Å². The zero-order valence-electron chi connectivity index (χ0n) is 13.1. The Morgan fingerprint density at radius 3 is 2.62 bits per heavy atom. The Morgan fingerprint density at radius 1 is 1.19 bits per heavy atom. The minimum Gasteiger partial charge on any atom is -0.297 e. The van der Waals surface area contributed by atoms with E-state index in [1.54, 1.807) is 18.2 Å². The van der Waals surface area contributed by atoms with Gasteiger partial charge in [0.05, 0.1) is 20.8 Å². The Bertz CT molecular complexity index is 991. The van der Waals surface area contributed by atoms with Gasteiger partial charge in [0.25, 0.3) is 0 Å². The summed E-state index contributed by atoms with van der Waals surface area (Å²) in [5.41, 5.74) is -0.308. The van der Waals surface area contributed by atoms with Crippen LogP contribution in [0, 0.1) is 0 Å². The van der Waals surface area contributed by atoms with E-state index < -0.39 is 22.8 Å². The van der Waals surface area contributed by atoms with Gasteiger partial charge in [0.1, 0.15) is 0 Å². The zero-order chi connectivity index (χ0) is 19.1. The number of thiazole rings is 1. The molecule has 136 valence electrons. The van der Waals surface area contributed by atoms with Crippen molar-refractivity contribution in [3.8, 4) is 0 Å². The maximum absolute atomic E-state index is 13.0. The second kappa shape index (κ2) is 6.94. The van der Waals surface area contributed by atoms with Gasteiger partial charge in [-0.1, -0.05) is 34.5 Å². The molecule has 0 radical (unpaired) electrons. The number of aromatic nitrogens is 1. The van der Waals surface area contributed by atoms with Gasteiger partial charge < -0.3 is 0 Å². The first-order chi connectivity index (χ1) is 12.1. The molecule has 3 rings (SSSR count). The second-order valence-corrected chi connectivity index (χ2v) is 7.16. The Balaban J connectivity index is 1.83. The number of carbonyl (C=O) groups excluding carboxylic acids is 1. The van der Waals surface area contributed by atoms with Crippen LogP contribution in [0.15, 0.2) is 36.4 Å². The first-order valence-electron chi connectivity index (χ1n) is 7.12. The van der Waals surface area contributed by atoms with Crippen LogP contribution in [0.25, 0.3) is 10.2 Å². The summed E-state index contributed by atoms with van der Waals surface area (Å²) in [7, 11) is 1.35. The molecule has 2 amide bonds. The first kappa shape index (κ1) is 18.8. The van der Waals surface area contributed by atoms with Crippen molar-refractivity contribution in [3.63, 3.8) is 0 Å². The largest absolute Gasteiger partial charge is 0.417 e. The van der Waals surface area contributed by atoms with Crippen LogP contribution in [0.1, 0.15) is 5.56 Å². The number of carbonyl (C=O) groups is 1. The van der Waals surface area contributed by atoms with E-state index in [4.69, 9.17) is 23.2 Å². The Morgan fingerprint density at radius 2 is 1.92 bits per heavy atom. The Hall–Kier alpha value is -2.03. The molecular weight excluding hydrogens is 410 g/mol. The molecule has 0 aliphatic heterocycles. The van der Waals surface area contributed by atoms with E-state index in [2.05, 4.69) is 10.3 Å². The fourth-order valence-corrected chi connectivity index (χ4v) is 3.54. The van der Waals surface area contributed by atoms with Crippen molar-refractivity contribution < 1.29 is 18.0 Å². The maximum Gasteiger partial charge on any atom is 0.417 e. The molecule has 0 atom stereocenters. The molecule has 4 nitrogen and oxygen atoms in total. The summed E-state index contributed by atoms with van der Waals surface area (Å²) < 4.78 is 39.7. The number of fused-ring (bicyclic) bond motifs is 1. The van der Waals surface area contributed by atoms with Crippen LogP contribution in [-0.2, 0) is 6.18 Å². The number of hydrogen-bond donors (Lipinski definition) is 1. The normalized spacial score (nSPS) is 11.6. The Kier molecular flexibility index (Phi) is 5.01. The van der Waals surface area contributed by atoms with Crippen LogP contribution >= 0.6 is 34.5 Å². The molecule has 26 heavy (non-hydrogen) atoms. The average Bonchev–Trinajstić information content (AvgIpc) is 2.94. The predicted molar refractivity (Wildman–Crippen MR) is 98.5 cm³/mol. The molecule has 0 bridgehead atoms. The lowest BCUT2D eigenvalue weighted by molar-refractivity contribution is -0.137. The predicted octanol–water partition coefficient (Wildman–Crippen LogP) is 6.29. The summed E-state index contributed by atoms with van der Waals surface area (Å²) in [5, 5.41) is 2.97. The highest BCUT2D eigenvalue weighted by molar-refractivity contribution is 7.22. The van der Waals surface area contributed by atoms with Crippen LogP contribution in [-0.4, -0.2) is 18.1 Å². The lowest BCUT2D eigenvalue weighted by Gasteiger charge is -2.19. The van der Waals surface area contributed by atoms with Gasteiger partial charge >= 0.3 is 12.2 Å². The fourth-order valence-electron chi connectivity index (χ4n) is 2.18. The van der Waals surface area contributed by atoms with E-state index in [0.717, 1.165) is 21.7 Å². The number of nitrogens with zero attached hydrogens (tertiary/aromatic N) is 2. The van der Waals surface area contributed by atoms with Gasteiger partial charge in [0.15, 0.2) is 5.13 Å². The van der Waals surface area contributed by atoms with E-state index in [0.29, 0.717) is 15.7 Å². The molecule has 0 fully saturated rings. The lowest BCUT2D eigenvalue weighted by atomic mass is 10.2. The molecule has 0 saturated heterocycles. The highest BCUT2D eigenvalue weighted by Crippen LogP contribution is 2.37. The van der Waals surface area contributed by atoms with Crippen LogP contribution < -0.4 is 10.2 Å². The number of halogens is 5. The summed E-state index contributed by atoms with van der Waals surface area (Å²) in [6.45, 7) is 0. The standard InChI is InChI=1S/C16H10Cl2F3N3OS/c1-24(9-3-4-11(18)10(7-9)16(19,20)21)15(25)23-14-22-12-5-2-8(17)6-13(12)26-14/h2-7H,1H3,(H,22,23,25). The van der Waals surface area contributed by atoms with E-state index in [1.165, 1.54) is 24.5 Å². The van der Waals surface area contributed by atoms with E-state index >= 15 is 0 Å². The van der Waals surface area contributed by atoms with E-state index in [9.17, 15) is 18.0 Å². The Labute approximate surface area is 160 Å². The quantitative estimate of drug-likeness (QED) is 0.530. The van der Waals surface area contributed by atoms with Gasteiger partial charge in [-0.3, -0.25) is 10.2 Å². The molecule has 1 heterocycles. The minimum absolute atomic E-state index is 0.0448. The molecule has 1 N–H and O–H groups in total. The molecule has 0 spiro atoms. The molecule has 0 unspecified atom stereocenters. The monoisotopic (exact) mass is 419 g/mol. The maximum atomic E-state index is 13.0. The van der Waals surface area contributed by atoms with Gasteiger partial charge in [-0.15, -0.1) is 0 Å². The van der Waals surface area contributed by atoms with Crippen molar-refractivity contribution in [2.75, 3.05) is 17.3 Å². The van der Waals surface area contributed by atoms with Gasteiger partial charge in [0, 0.05) is 17.8 Å². The summed E-state index contributed by atoms with van der Waals surface area (Å²) >= 11 is 12.7. The van der Waals surface area contributed by atoms with Crippen molar-refractivity contribution in [3.05, 3.63) is 52.0 Å². The van der Waals surface area contributed by atoms with Gasteiger partial charge in [-0.05, 0) is 36.4 Å². The number of anilines is 2. The number of urea groups is 1. The van der Waals surface area contributed by atoms with Gasteiger partial charge in [0.2, 0.25) is 0 Å². The number of hydrogen-bond acceptors (Lipinski definition) is 3. The molecule has 0 saturated carbocycles. The first-order valence-corrected chi connectivity index (χ1v) is 8.70. The molecule has 3 aromatic rings. The highest BCUT2D eigenvalue weighted by atomic mass is 35.5. The topological polar surface area (TPSA) is 45.2 Å². The van der Waals surface area contributed by atoms with Crippen LogP contribution in [0.4, 0.5) is 28.8 Å². The van der Waals surface area contributed by atoms with E-state index in [1.807, 2.05) is 0 Å². The minimum atomic E-state index is -4.61. The van der Waals surface area contributed by atoms with Crippen LogP contribution in [0.5, 0.6) is 0 Å². The van der Waals surface area contributed by atoms with Crippen LogP contribution in [0.3, 0.4) is 0 Å². The number of alkyl halides is 3. The fraction of sp³-hybridized carbons (Fsp3) is 0.125. The molecule has 0 aliphatic carbocycles. The smallest absolute Gasteiger partial charge is 0.297 e. The molecule has 10 heteroatoms. The zero-order valence-corrected chi connectivity index (χ0v) is 15.4. The lowest BCUT2D eigenvalue weighted by Crippen LogP contribution is -2.31. The number of rotatable bonds is 2. The summed E-state index contributed by atoms with van der Waals surface area (Å²) in [6.07, 6.45) is -4.61. The van der Waals surface area contributed by atoms with Gasteiger partial charge in [-0.25, -0.2) is 9.78 Å². The average molecular weight is 420 g/mol. The third-order valence-corrected chi connectivity index (χ3v) is 5.01. The SMILES string of the molecule is CN(C(=O)Nc1nc2ccc(Cl)cc2s1)c1ccc(Cl)c(C(F)(F)F)c1. The summed E-state index contributed by atoms with van der Waals surface area (Å²) in [4.78, 5) is 17.6. The molecule has 1 aromatic heterocycles.